The van der Waals surface area contributed by atoms with Crippen molar-refractivity contribution in [2.75, 3.05) is 5.12 Å². The normalized spacial score (nSPS) is 10.1. The number of aromatic nitrogens is 2. The zero-order valence-corrected chi connectivity index (χ0v) is 9.13. The van der Waals surface area contributed by atoms with Gasteiger partial charge in [-0.25, -0.2) is 20.3 Å². The summed E-state index contributed by atoms with van der Waals surface area (Å²) in [7, 11) is 0. The largest absolute Gasteiger partial charge is 0.444 e. The van der Waals surface area contributed by atoms with E-state index in [9.17, 15) is 4.79 Å². The number of carbonyl (C=O) groups is 1. The number of amides is 1. The molecule has 0 unspecified atom stereocenters. The fourth-order valence-electron chi connectivity index (χ4n) is 1.07. The van der Waals surface area contributed by atoms with Gasteiger partial charge in [-0.3, -0.25) is 0 Å². The number of rotatable bonds is 3. The summed E-state index contributed by atoms with van der Waals surface area (Å²) in [4.78, 5) is 15.5. The van der Waals surface area contributed by atoms with E-state index >= 15 is 0 Å². The highest BCUT2D eigenvalue weighted by atomic mass is 32.1. The van der Waals surface area contributed by atoms with Crippen molar-refractivity contribution in [3.63, 3.8) is 0 Å². The van der Waals surface area contributed by atoms with Gasteiger partial charge in [-0.2, -0.15) is 0 Å². The van der Waals surface area contributed by atoms with E-state index in [1.54, 1.807) is 30.0 Å². The van der Waals surface area contributed by atoms with Crippen molar-refractivity contribution >= 4 is 17.4 Å². The Morgan fingerprint density at radius 1 is 1.56 bits per heavy atom. The second-order valence-electron chi connectivity index (χ2n) is 2.94. The Morgan fingerprint density at radius 2 is 2.31 bits per heavy atom. The maximum absolute atomic E-state index is 11.5. The first kappa shape index (κ1) is 10.7. The molecular formula is C9H10N4O2S. The molecule has 2 rings (SSSR count). The van der Waals surface area contributed by atoms with Crippen molar-refractivity contribution in [2.45, 2.75) is 6.61 Å². The predicted molar refractivity (Wildman–Crippen MR) is 59.1 cm³/mol. The zero-order valence-electron chi connectivity index (χ0n) is 8.31. The molecular weight excluding hydrogens is 228 g/mol. The number of carbonyl (C=O) groups excluding carboxylic acids is 1. The lowest BCUT2D eigenvalue weighted by atomic mass is 10.5. The molecule has 0 radical (unpaired) electrons. The highest BCUT2D eigenvalue weighted by Gasteiger charge is 2.12. The summed E-state index contributed by atoms with van der Waals surface area (Å²) < 4.78 is 6.38. The number of ether oxygens (including phenoxy) is 1. The summed E-state index contributed by atoms with van der Waals surface area (Å²) in [6, 6.07) is 3.52. The highest BCUT2D eigenvalue weighted by molar-refractivity contribution is 7.07. The first-order chi connectivity index (χ1) is 7.77. The first-order valence-corrected chi connectivity index (χ1v) is 5.43. The van der Waals surface area contributed by atoms with Crippen molar-refractivity contribution < 1.29 is 9.53 Å². The van der Waals surface area contributed by atoms with Crippen molar-refractivity contribution in [1.29, 1.82) is 0 Å². The second-order valence-corrected chi connectivity index (χ2v) is 3.66. The molecule has 6 nitrogen and oxygen atoms in total. The van der Waals surface area contributed by atoms with Gasteiger partial charge in [0.05, 0.1) is 11.2 Å². The lowest BCUT2D eigenvalue weighted by Gasteiger charge is -2.16. The van der Waals surface area contributed by atoms with Crippen LogP contribution >= 0.6 is 11.3 Å². The van der Waals surface area contributed by atoms with E-state index in [-0.39, 0.29) is 6.61 Å². The topological polar surface area (TPSA) is 73.4 Å². The molecule has 2 aromatic rings. The van der Waals surface area contributed by atoms with Gasteiger partial charge in [0.2, 0.25) is 0 Å². The van der Waals surface area contributed by atoms with Gasteiger partial charge in [0, 0.05) is 17.8 Å². The number of hydrazine groups is 1. The van der Waals surface area contributed by atoms with Crippen LogP contribution in [0.3, 0.4) is 0 Å². The molecule has 0 aliphatic rings. The van der Waals surface area contributed by atoms with Crippen LogP contribution in [-0.4, -0.2) is 15.8 Å². The molecule has 84 valence electrons. The zero-order chi connectivity index (χ0) is 11.4. The smallest absolute Gasteiger partial charge is 0.441 e. The van der Waals surface area contributed by atoms with E-state index < -0.39 is 6.09 Å². The molecule has 0 saturated carbocycles. The van der Waals surface area contributed by atoms with Gasteiger partial charge in [-0.1, -0.05) is 0 Å². The van der Waals surface area contributed by atoms with Gasteiger partial charge < -0.3 is 4.74 Å². The first-order valence-electron chi connectivity index (χ1n) is 4.49. The average Bonchev–Trinajstić information content (AvgIpc) is 2.96. The van der Waals surface area contributed by atoms with Gasteiger partial charge in [0.1, 0.15) is 6.61 Å². The van der Waals surface area contributed by atoms with Crippen LogP contribution in [0, 0.1) is 0 Å². The molecule has 1 amide bonds. The Kier molecular flexibility index (Phi) is 3.18. The molecule has 16 heavy (non-hydrogen) atoms. The summed E-state index contributed by atoms with van der Waals surface area (Å²) in [5, 5.41) is 2.69. The Morgan fingerprint density at radius 3 is 2.94 bits per heavy atom. The van der Waals surface area contributed by atoms with Crippen molar-refractivity contribution in [3.05, 3.63) is 41.1 Å². The van der Waals surface area contributed by atoms with Gasteiger partial charge in [0.15, 0.2) is 0 Å². The molecule has 0 aliphatic carbocycles. The molecule has 7 heteroatoms. The van der Waals surface area contributed by atoms with Crippen LogP contribution in [0.2, 0.25) is 0 Å². The van der Waals surface area contributed by atoms with Crippen LogP contribution in [0.25, 0.3) is 0 Å². The average molecular weight is 238 g/mol. The maximum atomic E-state index is 11.5. The monoisotopic (exact) mass is 238 g/mol. The summed E-state index contributed by atoms with van der Waals surface area (Å²) in [5.74, 6) is 5.53. The van der Waals surface area contributed by atoms with E-state index in [0.29, 0.717) is 5.69 Å². The Balaban J connectivity index is 1.89. The fourth-order valence-corrected chi connectivity index (χ4v) is 1.62. The number of nitrogens with zero attached hydrogens (tertiary/aromatic N) is 3. The quantitative estimate of drug-likeness (QED) is 0.493. The minimum atomic E-state index is -0.635. The van der Waals surface area contributed by atoms with E-state index in [1.165, 1.54) is 16.0 Å². The number of hydrogen-bond donors (Lipinski definition) is 1. The third-order valence-corrected chi connectivity index (χ3v) is 2.49. The number of hydrogen-bond acceptors (Lipinski definition) is 5. The standard InChI is InChI=1S/C9H10N4O2S/c10-13(12-3-1-2-4-12)9(14)15-5-8-6-16-7-11-8/h1-4,6-7H,5,10H2. The van der Waals surface area contributed by atoms with Crippen molar-refractivity contribution in [1.82, 2.24) is 9.66 Å². The Bertz CT molecular complexity index is 440. The van der Waals surface area contributed by atoms with Crippen LogP contribution < -0.4 is 11.0 Å². The molecule has 0 fully saturated rings. The molecule has 0 aromatic carbocycles. The van der Waals surface area contributed by atoms with E-state index in [4.69, 9.17) is 10.6 Å². The van der Waals surface area contributed by atoms with Gasteiger partial charge >= 0.3 is 6.09 Å². The third kappa shape index (κ3) is 2.38. The fraction of sp³-hybridized carbons (Fsp3) is 0.111. The van der Waals surface area contributed by atoms with Crippen molar-refractivity contribution in [2.24, 2.45) is 5.84 Å². The molecule has 2 aromatic heterocycles. The van der Waals surface area contributed by atoms with Gasteiger partial charge in [-0.15, -0.1) is 16.5 Å². The number of thiazole rings is 1. The summed E-state index contributed by atoms with van der Waals surface area (Å²) in [5.41, 5.74) is 2.38. The summed E-state index contributed by atoms with van der Waals surface area (Å²) in [6.07, 6.45) is 2.65. The molecule has 2 N–H and O–H groups in total. The van der Waals surface area contributed by atoms with Gasteiger partial charge in [-0.05, 0) is 12.1 Å². The lowest BCUT2D eigenvalue weighted by Crippen LogP contribution is -2.45. The highest BCUT2D eigenvalue weighted by Crippen LogP contribution is 2.03. The molecule has 2 heterocycles. The SMILES string of the molecule is NN(C(=O)OCc1cscn1)n1cccc1. The second kappa shape index (κ2) is 4.77. The molecule has 0 spiro atoms. The lowest BCUT2D eigenvalue weighted by molar-refractivity contribution is 0.139. The van der Waals surface area contributed by atoms with Crippen LogP contribution in [0.4, 0.5) is 4.79 Å². The molecule has 0 atom stereocenters. The van der Waals surface area contributed by atoms with Crippen LogP contribution in [-0.2, 0) is 11.3 Å². The predicted octanol–water partition coefficient (Wildman–Crippen LogP) is 1.09. The van der Waals surface area contributed by atoms with E-state index in [2.05, 4.69) is 4.98 Å². The van der Waals surface area contributed by atoms with Crippen molar-refractivity contribution in [3.8, 4) is 0 Å². The number of nitrogens with two attached hydrogens (primary N) is 1. The molecule has 0 bridgehead atoms. The van der Waals surface area contributed by atoms with E-state index in [0.717, 1.165) is 5.12 Å². The van der Waals surface area contributed by atoms with Crippen LogP contribution in [0.5, 0.6) is 0 Å². The minimum Gasteiger partial charge on any atom is -0.441 e. The van der Waals surface area contributed by atoms with E-state index in [1.807, 2.05) is 5.38 Å². The maximum Gasteiger partial charge on any atom is 0.444 e. The summed E-state index contributed by atoms with van der Waals surface area (Å²) >= 11 is 1.44. The Labute approximate surface area is 95.8 Å². The molecule has 0 saturated heterocycles. The van der Waals surface area contributed by atoms with Gasteiger partial charge in [0.25, 0.3) is 0 Å². The van der Waals surface area contributed by atoms with Crippen LogP contribution in [0.15, 0.2) is 35.4 Å². The van der Waals surface area contributed by atoms with Crippen LogP contribution in [0.1, 0.15) is 5.69 Å². The summed E-state index contributed by atoms with van der Waals surface area (Å²) in [6.45, 7) is 0.122. The Hall–Kier alpha value is -1.86. The minimum absolute atomic E-state index is 0.122. The third-order valence-electron chi connectivity index (χ3n) is 1.85. The molecule has 0 aliphatic heterocycles.